The molecule has 1 atom stereocenters. The van der Waals surface area contributed by atoms with Gasteiger partial charge in [0, 0.05) is 30.4 Å². The van der Waals surface area contributed by atoms with Gasteiger partial charge in [-0.2, -0.15) is 0 Å². The first-order valence-electron chi connectivity index (χ1n) is 7.77. The van der Waals surface area contributed by atoms with E-state index < -0.39 is 0 Å². The summed E-state index contributed by atoms with van der Waals surface area (Å²) in [5.74, 6) is 0.138. The summed E-state index contributed by atoms with van der Waals surface area (Å²) in [5.41, 5.74) is 1.50. The zero-order valence-corrected chi connectivity index (χ0v) is 13.2. The number of aliphatic hydroxyl groups excluding tert-OH is 1. The van der Waals surface area contributed by atoms with Crippen LogP contribution in [0.4, 0.5) is 16.2 Å². The fourth-order valence-electron chi connectivity index (χ4n) is 2.51. The Bertz CT molecular complexity index is 533. The van der Waals surface area contributed by atoms with E-state index in [4.69, 9.17) is 9.84 Å². The lowest BCUT2D eigenvalue weighted by Crippen LogP contribution is -2.32. The second-order valence-corrected chi connectivity index (χ2v) is 5.42. The van der Waals surface area contributed by atoms with Gasteiger partial charge in [-0.15, -0.1) is 0 Å². The van der Waals surface area contributed by atoms with Crippen molar-refractivity contribution in [2.45, 2.75) is 25.8 Å². The smallest absolute Gasteiger partial charge is 0.319 e. The number of hydrogen-bond acceptors (Lipinski definition) is 4. The van der Waals surface area contributed by atoms with Gasteiger partial charge in [-0.05, 0) is 37.6 Å². The number of rotatable bonds is 7. The Morgan fingerprint density at radius 2 is 2.09 bits per heavy atom. The lowest BCUT2D eigenvalue weighted by Gasteiger charge is -2.22. The maximum absolute atomic E-state index is 11.9. The Labute approximate surface area is 135 Å². The van der Waals surface area contributed by atoms with Crippen LogP contribution in [0.1, 0.15) is 19.8 Å². The summed E-state index contributed by atoms with van der Waals surface area (Å²) < 4.78 is 5.05. The molecule has 1 aliphatic heterocycles. The molecule has 1 aromatic rings. The largest absolute Gasteiger partial charge is 0.394 e. The van der Waals surface area contributed by atoms with Crippen molar-refractivity contribution < 1.29 is 19.4 Å². The van der Waals surface area contributed by atoms with Crippen LogP contribution in [-0.2, 0) is 9.53 Å². The van der Waals surface area contributed by atoms with Gasteiger partial charge in [0.2, 0.25) is 5.91 Å². The van der Waals surface area contributed by atoms with Crippen molar-refractivity contribution in [2.24, 2.45) is 0 Å². The molecule has 1 aromatic carbocycles. The Kier molecular flexibility index (Phi) is 6.37. The molecule has 2 rings (SSSR count). The molecule has 1 heterocycles. The summed E-state index contributed by atoms with van der Waals surface area (Å²) in [7, 11) is 0. The number of carbonyl (C=O) groups is 2. The number of hydrogen-bond donors (Lipinski definition) is 3. The molecule has 3 N–H and O–H groups in total. The molecule has 0 saturated carbocycles. The highest BCUT2D eigenvalue weighted by atomic mass is 16.5. The highest BCUT2D eigenvalue weighted by Crippen LogP contribution is 2.27. The van der Waals surface area contributed by atoms with Gasteiger partial charge in [-0.25, -0.2) is 4.79 Å². The van der Waals surface area contributed by atoms with Crippen LogP contribution in [0, 0.1) is 0 Å². The quantitative estimate of drug-likeness (QED) is 0.661. The highest BCUT2D eigenvalue weighted by molar-refractivity contribution is 5.96. The van der Waals surface area contributed by atoms with E-state index in [1.807, 2.05) is 19.1 Å². The number of nitrogens with one attached hydrogen (secondary N) is 2. The number of nitrogens with zero attached hydrogens (tertiary/aromatic N) is 1. The second-order valence-electron chi connectivity index (χ2n) is 5.42. The molecule has 1 aliphatic rings. The Balaban J connectivity index is 1.80. The van der Waals surface area contributed by atoms with Crippen LogP contribution in [0.2, 0.25) is 0 Å². The fourth-order valence-corrected chi connectivity index (χ4v) is 2.51. The zero-order valence-electron chi connectivity index (χ0n) is 13.2. The van der Waals surface area contributed by atoms with Crippen molar-refractivity contribution in [3.05, 3.63) is 24.3 Å². The first kappa shape index (κ1) is 17.2. The SMILES string of the molecule is CC1CCC(=O)N1c1ccc(NC(=O)NCCOCCO)cc1. The third-order valence-electron chi connectivity index (χ3n) is 3.66. The summed E-state index contributed by atoms with van der Waals surface area (Å²) in [6, 6.07) is 7.10. The second kappa shape index (κ2) is 8.50. The summed E-state index contributed by atoms with van der Waals surface area (Å²) >= 11 is 0. The lowest BCUT2D eigenvalue weighted by molar-refractivity contribution is -0.117. The maximum atomic E-state index is 11.9. The molecule has 0 aromatic heterocycles. The standard InChI is InChI=1S/C16H23N3O4/c1-12-2-7-15(21)19(12)14-5-3-13(4-6-14)18-16(22)17-8-10-23-11-9-20/h3-6,12,20H,2,7-11H2,1H3,(H2,17,18,22). The summed E-state index contributed by atoms with van der Waals surface area (Å²) in [6.07, 6.45) is 1.46. The molecular weight excluding hydrogens is 298 g/mol. The van der Waals surface area contributed by atoms with Crippen LogP contribution in [0.15, 0.2) is 24.3 Å². The van der Waals surface area contributed by atoms with E-state index in [1.54, 1.807) is 17.0 Å². The number of aliphatic hydroxyl groups is 1. The van der Waals surface area contributed by atoms with Gasteiger partial charge in [0.25, 0.3) is 0 Å². The molecule has 1 unspecified atom stereocenters. The molecule has 3 amide bonds. The monoisotopic (exact) mass is 321 g/mol. The number of urea groups is 1. The predicted molar refractivity (Wildman–Crippen MR) is 87.6 cm³/mol. The van der Waals surface area contributed by atoms with Gasteiger partial charge >= 0.3 is 6.03 Å². The van der Waals surface area contributed by atoms with E-state index >= 15 is 0 Å². The van der Waals surface area contributed by atoms with Crippen LogP contribution < -0.4 is 15.5 Å². The van der Waals surface area contributed by atoms with Gasteiger partial charge in [-0.3, -0.25) is 4.79 Å². The van der Waals surface area contributed by atoms with Crippen molar-refractivity contribution in [1.82, 2.24) is 5.32 Å². The van der Waals surface area contributed by atoms with Crippen LogP contribution in [-0.4, -0.2) is 49.5 Å². The Morgan fingerprint density at radius 1 is 1.35 bits per heavy atom. The zero-order chi connectivity index (χ0) is 16.7. The van der Waals surface area contributed by atoms with E-state index in [2.05, 4.69) is 10.6 Å². The van der Waals surface area contributed by atoms with Gasteiger partial charge in [0.15, 0.2) is 0 Å². The first-order chi connectivity index (χ1) is 11.1. The minimum absolute atomic E-state index is 0.0311. The number of ether oxygens (including phenoxy) is 1. The summed E-state index contributed by atoms with van der Waals surface area (Å²) in [5, 5.41) is 13.9. The van der Waals surface area contributed by atoms with Crippen molar-refractivity contribution in [2.75, 3.05) is 36.6 Å². The first-order valence-corrected chi connectivity index (χ1v) is 7.77. The molecule has 23 heavy (non-hydrogen) atoms. The average molecular weight is 321 g/mol. The third kappa shape index (κ3) is 4.94. The molecule has 1 saturated heterocycles. The molecule has 0 bridgehead atoms. The van der Waals surface area contributed by atoms with E-state index in [1.165, 1.54) is 0 Å². The Morgan fingerprint density at radius 3 is 2.70 bits per heavy atom. The highest BCUT2D eigenvalue weighted by Gasteiger charge is 2.28. The van der Waals surface area contributed by atoms with Crippen LogP contribution >= 0.6 is 0 Å². The van der Waals surface area contributed by atoms with Crippen molar-refractivity contribution >= 4 is 23.3 Å². The van der Waals surface area contributed by atoms with E-state index in [-0.39, 0.29) is 31.2 Å². The van der Waals surface area contributed by atoms with Crippen LogP contribution in [0.25, 0.3) is 0 Å². The van der Waals surface area contributed by atoms with Gasteiger partial charge in [0.05, 0.1) is 19.8 Å². The molecule has 0 spiro atoms. The number of carbonyl (C=O) groups excluding carboxylic acids is 2. The molecule has 7 heteroatoms. The van der Waals surface area contributed by atoms with E-state index in [9.17, 15) is 9.59 Å². The van der Waals surface area contributed by atoms with Gasteiger partial charge < -0.3 is 25.4 Å². The van der Waals surface area contributed by atoms with Crippen molar-refractivity contribution in [3.63, 3.8) is 0 Å². The minimum Gasteiger partial charge on any atom is -0.394 e. The Hall–Kier alpha value is -2.12. The van der Waals surface area contributed by atoms with Crippen molar-refractivity contribution in [1.29, 1.82) is 0 Å². The third-order valence-corrected chi connectivity index (χ3v) is 3.66. The molecule has 0 radical (unpaired) electrons. The molecule has 7 nitrogen and oxygen atoms in total. The number of benzene rings is 1. The summed E-state index contributed by atoms with van der Waals surface area (Å²) in [6.45, 7) is 2.98. The topological polar surface area (TPSA) is 90.9 Å². The number of anilines is 2. The molecule has 126 valence electrons. The fraction of sp³-hybridized carbons (Fsp3) is 0.500. The minimum atomic E-state index is -0.323. The predicted octanol–water partition coefficient (Wildman–Crippen LogP) is 1.33. The van der Waals surface area contributed by atoms with Gasteiger partial charge in [0.1, 0.15) is 0 Å². The van der Waals surface area contributed by atoms with E-state index in [0.717, 1.165) is 12.1 Å². The van der Waals surface area contributed by atoms with Gasteiger partial charge in [-0.1, -0.05) is 0 Å². The molecule has 1 fully saturated rings. The lowest BCUT2D eigenvalue weighted by atomic mass is 10.2. The average Bonchev–Trinajstić information content (AvgIpc) is 2.87. The molecule has 0 aliphatic carbocycles. The normalized spacial score (nSPS) is 17.4. The number of amides is 3. The molecular formula is C16H23N3O4. The maximum Gasteiger partial charge on any atom is 0.319 e. The summed E-state index contributed by atoms with van der Waals surface area (Å²) in [4.78, 5) is 25.4. The van der Waals surface area contributed by atoms with Crippen molar-refractivity contribution in [3.8, 4) is 0 Å². The van der Waals surface area contributed by atoms with Crippen LogP contribution in [0.3, 0.4) is 0 Å². The van der Waals surface area contributed by atoms with E-state index in [0.29, 0.717) is 25.3 Å². The van der Waals surface area contributed by atoms with Crippen LogP contribution in [0.5, 0.6) is 0 Å².